The Hall–Kier alpha value is -0.400. The first-order chi connectivity index (χ1) is 10.6. The second-order valence-electron chi connectivity index (χ2n) is 8.38. The summed E-state index contributed by atoms with van der Waals surface area (Å²) >= 11 is 0. The van der Waals surface area contributed by atoms with E-state index in [4.69, 9.17) is 0 Å². The molecule has 3 aliphatic rings. The molecule has 0 N–H and O–H groups in total. The molecule has 3 aliphatic carbocycles. The Bertz CT molecular complexity index is 395. The molecule has 0 saturated heterocycles. The van der Waals surface area contributed by atoms with Crippen molar-refractivity contribution in [3.8, 4) is 0 Å². The third kappa shape index (κ3) is 3.41. The molecule has 3 rings (SSSR count). The molecule has 0 aromatic rings. The molecule has 0 bridgehead atoms. The lowest BCUT2D eigenvalue weighted by Gasteiger charge is -2.38. The third-order valence-electron chi connectivity index (χ3n) is 6.86. The zero-order valence-corrected chi connectivity index (χ0v) is 14.2. The van der Waals surface area contributed by atoms with Gasteiger partial charge < -0.3 is 0 Å². The molecule has 0 spiro atoms. The highest BCUT2D eigenvalue weighted by Gasteiger charge is 2.40. The molecule has 0 heterocycles. The smallest absolute Gasteiger partial charge is 0.138 e. The van der Waals surface area contributed by atoms with Crippen LogP contribution in [0.25, 0.3) is 0 Å². The molecular formula is C20H32F2. The van der Waals surface area contributed by atoms with Crippen LogP contribution in [0.3, 0.4) is 0 Å². The maximum absolute atomic E-state index is 14.4. The van der Waals surface area contributed by atoms with Crippen molar-refractivity contribution in [2.75, 3.05) is 0 Å². The molecule has 4 unspecified atom stereocenters. The fourth-order valence-corrected chi connectivity index (χ4v) is 5.08. The molecule has 0 nitrogen and oxygen atoms in total. The van der Waals surface area contributed by atoms with E-state index in [1.807, 2.05) is 6.92 Å². The lowest BCUT2D eigenvalue weighted by Crippen LogP contribution is -2.38. The summed E-state index contributed by atoms with van der Waals surface area (Å²) in [5, 5.41) is 0. The van der Waals surface area contributed by atoms with E-state index in [0.29, 0.717) is 0 Å². The molecule has 0 radical (unpaired) electrons. The minimum atomic E-state index is -1.26. The van der Waals surface area contributed by atoms with Gasteiger partial charge in [-0.25, -0.2) is 8.78 Å². The number of alkyl halides is 2. The maximum Gasteiger partial charge on any atom is 0.138 e. The van der Waals surface area contributed by atoms with Gasteiger partial charge >= 0.3 is 0 Å². The molecule has 2 heteroatoms. The van der Waals surface area contributed by atoms with Crippen LogP contribution in [0, 0.1) is 29.6 Å². The number of halogens is 2. The van der Waals surface area contributed by atoms with Crippen LogP contribution >= 0.6 is 0 Å². The van der Waals surface area contributed by atoms with Crippen LogP contribution in [-0.4, -0.2) is 12.3 Å². The Kier molecular flexibility index (Phi) is 5.24. The summed E-state index contributed by atoms with van der Waals surface area (Å²) in [7, 11) is 0. The molecule has 2 fully saturated rings. The standard InChI is InChI=1S/C20H32F2/c1-13-3-6-15(7-4-13)16-8-10-17(11-9-16)18-12-5-14(2)19(21)20(18)22/h10,13-16,18-20H,3-9,11-12H2,1-2H3/t13?,14?,15?,16-,18?,19?,20?/m0/s1. The molecule has 2 saturated carbocycles. The monoisotopic (exact) mass is 310 g/mol. The van der Waals surface area contributed by atoms with E-state index in [2.05, 4.69) is 13.0 Å². The quantitative estimate of drug-likeness (QED) is 0.528. The largest absolute Gasteiger partial charge is 0.244 e. The SMILES string of the molecule is CC1CCC([C@H]2CC=C(C3CCC(C)C(F)C3F)CC2)CC1. The van der Waals surface area contributed by atoms with Crippen molar-refractivity contribution < 1.29 is 8.78 Å². The highest BCUT2D eigenvalue weighted by Crippen LogP contribution is 2.44. The van der Waals surface area contributed by atoms with Crippen LogP contribution in [-0.2, 0) is 0 Å². The van der Waals surface area contributed by atoms with Crippen molar-refractivity contribution in [3.05, 3.63) is 11.6 Å². The van der Waals surface area contributed by atoms with E-state index in [-0.39, 0.29) is 11.8 Å². The van der Waals surface area contributed by atoms with Crippen LogP contribution in [0.5, 0.6) is 0 Å². The van der Waals surface area contributed by atoms with E-state index >= 15 is 0 Å². The first kappa shape index (κ1) is 16.5. The molecule has 0 aromatic heterocycles. The van der Waals surface area contributed by atoms with E-state index in [1.165, 1.54) is 37.7 Å². The summed E-state index contributed by atoms with van der Waals surface area (Å²) < 4.78 is 28.3. The predicted octanol–water partition coefficient (Wildman–Crippen LogP) is 6.26. The third-order valence-corrected chi connectivity index (χ3v) is 6.86. The fourth-order valence-electron chi connectivity index (χ4n) is 5.08. The topological polar surface area (TPSA) is 0 Å². The highest BCUT2D eigenvalue weighted by molar-refractivity contribution is 5.15. The molecule has 5 atom stereocenters. The van der Waals surface area contributed by atoms with Crippen molar-refractivity contribution in [3.63, 3.8) is 0 Å². The average molecular weight is 310 g/mol. The first-order valence-corrected chi connectivity index (χ1v) is 9.53. The van der Waals surface area contributed by atoms with Crippen LogP contribution < -0.4 is 0 Å². The maximum atomic E-state index is 14.4. The summed E-state index contributed by atoms with van der Waals surface area (Å²) in [5.41, 5.74) is 1.24. The lowest BCUT2D eigenvalue weighted by atomic mass is 9.68. The van der Waals surface area contributed by atoms with Crippen molar-refractivity contribution in [2.45, 2.75) is 84.0 Å². The normalized spacial score (nSPS) is 47.1. The van der Waals surface area contributed by atoms with Crippen molar-refractivity contribution in [2.24, 2.45) is 29.6 Å². The van der Waals surface area contributed by atoms with Gasteiger partial charge in [0.05, 0.1) is 0 Å². The summed E-state index contributed by atoms with van der Waals surface area (Å²) in [6.07, 6.45) is 10.3. The van der Waals surface area contributed by atoms with Gasteiger partial charge in [0.1, 0.15) is 12.3 Å². The van der Waals surface area contributed by atoms with Gasteiger partial charge in [0, 0.05) is 5.92 Å². The molecule has 0 aliphatic heterocycles. The second-order valence-corrected chi connectivity index (χ2v) is 8.38. The van der Waals surface area contributed by atoms with Gasteiger partial charge in [0.2, 0.25) is 0 Å². The summed E-state index contributed by atoms with van der Waals surface area (Å²) in [4.78, 5) is 0. The molecule has 22 heavy (non-hydrogen) atoms. The Labute approximate surface area is 134 Å². The van der Waals surface area contributed by atoms with Gasteiger partial charge in [-0.1, -0.05) is 38.3 Å². The second kappa shape index (κ2) is 7.01. The van der Waals surface area contributed by atoms with Gasteiger partial charge in [0.25, 0.3) is 0 Å². The van der Waals surface area contributed by atoms with Gasteiger partial charge in [-0.05, 0) is 68.6 Å². The van der Waals surface area contributed by atoms with Gasteiger partial charge in [-0.2, -0.15) is 0 Å². The van der Waals surface area contributed by atoms with Crippen molar-refractivity contribution in [1.29, 1.82) is 0 Å². The Morgan fingerprint density at radius 1 is 0.818 bits per heavy atom. The Morgan fingerprint density at radius 3 is 2.18 bits per heavy atom. The zero-order chi connectivity index (χ0) is 15.7. The van der Waals surface area contributed by atoms with Gasteiger partial charge in [-0.3, -0.25) is 0 Å². The molecule has 126 valence electrons. The molecular weight excluding hydrogens is 278 g/mol. The number of allylic oxidation sites excluding steroid dienone is 2. The van der Waals surface area contributed by atoms with E-state index in [1.54, 1.807) is 0 Å². The van der Waals surface area contributed by atoms with E-state index in [9.17, 15) is 8.78 Å². The van der Waals surface area contributed by atoms with Crippen LogP contribution in [0.4, 0.5) is 8.78 Å². The predicted molar refractivity (Wildman–Crippen MR) is 88.2 cm³/mol. The minimum Gasteiger partial charge on any atom is -0.244 e. The van der Waals surface area contributed by atoms with Gasteiger partial charge in [0.15, 0.2) is 0 Å². The fraction of sp³-hybridized carbons (Fsp3) is 0.900. The Balaban J connectivity index is 1.57. The summed E-state index contributed by atoms with van der Waals surface area (Å²) in [6.45, 7) is 4.22. The van der Waals surface area contributed by atoms with Crippen molar-refractivity contribution >= 4 is 0 Å². The zero-order valence-electron chi connectivity index (χ0n) is 14.2. The summed E-state index contributed by atoms with van der Waals surface area (Å²) in [5.74, 6) is 2.36. The summed E-state index contributed by atoms with van der Waals surface area (Å²) in [6, 6.07) is 0. The Morgan fingerprint density at radius 2 is 1.55 bits per heavy atom. The molecule has 0 aromatic carbocycles. The highest BCUT2D eigenvalue weighted by atomic mass is 19.2. The first-order valence-electron chi connectivity index (χ1n) is 9.53. The van der Waals surface area contributed by atoms with Crippen molar-refractivity contribution in [1.82, 2.24) is 0 Å². The van der Waals surface area contributed by atoms with E-state index in [0.717, 1.165) is 43.4 Å². The number of hydrogen-bond donors (Lipinski definition) is 0. The van der Waals surface area contributed by atoms with Gasteiger partial charge in [-0.15, -0.1) is 0 Å². The van der Waals surface area contributed by atoms with Crippen LogP contribution in [0.2, 0.25) is 0 Å². The minimum absolute atomic E-state index is 0.104. The van der Waals surface area contributed by atoms with Crippen LogP contribution in [0.1, 0.15) is 71.6 Å². The number of hydrogen-bond acceptors (Lipinski definition) is 0. The van der Waals surface area contributed by atoms with Crippen LogP contribution in [0.15, 0.2) is 11.6 Å². The lowest BCUT2D eigenvalue weighted by molar-refractivity contribution is 0.0402. The number of rotatable bonds is 2. The average Bonchev–Trinajstić information content (AvgIpc) is 2.54. The molecule has 0 amide bonds. The van der Waals surface area contributed by atoms with E-state index < -0.39 is 12.3 Å².